The van der Waals surface area contributed by atoms with Gasteiger partial charge in [-0.05, 0) is 25.7 Å². The Kier molecular flexibility index (Phi) is 47.6. The lowest BCUT2D eigenvalue weighted by Crippen LogP contribution is -2.86. The summed E-state index contributed by atoms with van der Waals surface area (Å²) in [5.74, 6) is -1.89. The molecule has 10 heteroatoms. The van der Waals surface area contributed by atoms with E-state index < -0.39 is 11.9 Å². The van der Waals surface area contributed by atoms with Crippen molar-refractivity contribution >= 4 is 11.9 Å². The highest BCUT2D eigenvalue weighted by Gasteiger charge is 1.88. The van der Waals surface area contributed by atoms with Crippen LogP contribution in [0.15, 0.2) is 0 Å². The fraction of sp³-hybridized carbons (Fsp3) is 0.909. The van der Waals surface area contributed by atoms with Gasteiger partial charge in [0, 0.05) is 40.4 Å². The Morgan fingerprint density at radius 1 is 0.594 bits per heavy atom. The lowest BCUT2D eigenvalue weighted by Gasteiger charge is -1.98. The number of aliphatic carboxylic acids is 2. The number of hydrogen-bond donors (Lipinski definition) is 2. The molecule has 0 aromatic carbocycles. The van der Waals surface area contributed by atoms with E-state index in [4.69, 9.17) is 18.9 Å². The SMILES string of the molecule is CCCCC(=O)[O-].CCCCC(=O)[O-].COCC[NH2+]CCOC.COCC[NH2+]CCOC. The summed E-state index contributed by atoms with van der Waals surface area (Å²) in [4.78, 5) is 19.3. The van der Waals surface area contributed by atoms with Crippen molar-refractivity contribution in [2.24, 2.45) is 0 Å². The summed E-state index contributed by atoms with van der Waals surface area (Å²) in [5, 5.41) is 23.6. The molecule has 4 N–H and O–H groups in total. The van der Waals surface area contributed by atoms with Crippen molar-refractivity contribution in [3.05, 3.63) is 0 Å². The zero-order valence-electron chi connectivity index (χ0n) is 21.3. The van der Waals surface area contributed by atoms with Crippen molar-refractivity contribution in [3.63, 3.8) is 0 Å². The second-order valence-electron chi connectivity index (χ2n) is 6.65. The molecule has 0 amide bonds. The fourth-order valence-corrected chi connectivity index (χ4v) is 1.74. The maximum absolute atomic E-state index is 9.65. The van der Waals surface area contributed by atoms with Crippen molar-refractivity contribution in [2.75, 3.05) is 81.0 Å². The Morgan fingerprint density at radius 2 is 0.844 bits per heavy atom. The number of carboxylic acids is 2. The molecule has 0 spiro atoms. The van der Waals surface area contributed by atoms with E-state index in [2.05, 4.69) is 10.6 Å². The van der Waals surface area contributed by atoms with Crippen LogP contribution in [0.2, 0.25) is 0 Å². The Hall–Kier alpha value is -1.30. The van der Waals surface area contributed by atoms with Crippen LogP contribution in [-0.2, 0) is 28.5 Å². The number of methoxy groups -OCH3 is 4. The molecule has 0 saturated heterocycles. The summed E-state index contributed by atoms with van der Waals surface area (Å²) < 4.78 is 19.4. The first-order valence-electron chi connectivity index (χ1n) is 11.4. The first kappa shape index (κ1) is 38.0. The molecule has 0 saturated carbocycles. The smallest absolute Gasteiger partial charge is 0.0993 e. The van der Waals surface area contributed by atoms with Gasteiger partial charge in [-0.2, -0.15) is 0 Å². The molecule has 0 aliphatic rings. The molecule has 0 aliphatic heterocycles. The van der Waals surface area contributed by atoms with Crippen LogP contribution < -0.4 is 20.8 Å². The Labute approximate surface area is 195 Å². The third-order valence-electron chi connectivity index (χ3n) is 3.57. The summed E-state index contributed by atoms with van der Waals surface area (Å²) in [6.07, 6.45) is 3.74. The van der Waals surface area contributed by atoms with Crippen LogP contribution in [0.4, 0.5) is 0 Å². The summed E-state index contributed by atoms with van der Waals surface area (Å²) in [6, 6.07) is 0. The summed E-state index contributed by atoms with van der Waals surface area (Å²) in [5.41, 5.74) is 0. The average molecular weight is 471 g/mol. The van der Waals surface area contributed by atoms with Crippen LogP contribution >= 0.6 is 0 Å². The number of quaternary nitrogens is 2. The Morgan fingerprint density at radius 3 is 0.969 bits per heavy atom. The van der Waals surface area contributed by atoms with Gasteiger partial charge in [0.15, 0.2) is 0 Å². The Balaban J connectivity index is -0.000000165. The fourth-order valence-electron chi connectivity index (χ4n) is 1.74. The standard InChI is InChI=1S/2C6H15NO2.2C5H10O2/c2*1-8-5-3-7-4-6-9-2;2*1-2-3-4-5(6)7/h2*7H,3-6H2,1-2H3;2*2-4H2,1H3,(H,6,7). The molecule has 10 nitrogen and oxygen atoms in total. The van der Waals surface area contributed by atoms with E-state index >= 15 is 0 Å². The van der Waals surface area contributed by atoms with Crippen LogP contribution in [-0.4, -0.2) is 93.0 Å². The Bertz CT molecular complexity index is 304. The van der Waals surface area contributed by atoms with Gasteiger partial charge in [-0.3, -0.25) is 0 Å². The van der Waals surface area contributed by atoms with Crippen LogP contribution in [0.25, 0.3) is 0 Å². The van der Waals surface area contributed by atoms with Gasteiger partial charge in [0.25, 0.3) is 0 Å². The molecule has 0 heterocycles. The molecular weight excluding hydrogens is 420 g/mol. The lowest BCUT2D eigenvalue weighted by molar-refractivity contribution is -0.657. The van der Waals surface area contributed by atoms with Crippen LogP contribution in [0.3, 0.4) is 0 Å². The maximum Gasteiger partial charge on any atom is 0.0993 e. The minimum absolute atomic E-state index is 0.205. The summed E-state index contributed by atoms with van der Waals surface area (Å²) >= 11 is 0. The summed E-state index contributed by atoms with van der Waals surface area (Å²) in [6.45, 7) is 11.3. The number of carbonyl (C=O) groups is 2. The highest BCUT2D eigenvalue weighted by molar-refractivity contribution is 5.64. The number of rotatable bonds is 18. The number of carboxylic acid groups (broad SMARTS) is 2. The first-order valence-corrected chi connectivity index (χ1v) is 11.4. The maximum atomic E-state index is 9.65. The van der Waals surface area contributed by atoms with E-state index in [9.17, 15) is 19.8 Å². The van der Waals surface area contributed by atoms with E-state index in [0.717, 1.165) is 78.3 Å². The van der Waals surface area contributed by atoms with Crippen LogP contribution in [0, 0.1) is 0 Å². The first-order chi connectivity index (χ1) is 15.4. The van der Waals surface area contributed by atoms with E-state index in [0.29, 0.717) is 0 Å². The number of carbonyl (C=O) groups excluding carboxylic acids is 2. The average Bonchev–Trinajstić information content (AvgIpc) is 2.77. The number of unbranched alkanes of at least 4 members (excludes halogenated alkanes) is 2. The minimum atomic E-state index is -0.943. The van der Waals surface area contributed by atoms with Crippen LogP contribution in [0.5, 0.6) is 0 Å². The van der Waals surface area contributed by atoms with Gasteiger partial charge in [0.2, 0.25) is 0 Å². The second-order valence-corrected chi connectivity index (χ2v) is 6.65. The highest BCUT2D eigenvalue weighted by Crippen LogP contribution is 1.90. The monoisotopic (exact) mass is 470 g/mol. The topological polar surface area (TPSA) is 150 Å². The van der Waals surface area contributed by atoms with E-state index in [1.807, 2.05) is 13.8 Å². The molecule has 196 valence electrons. The van der Waals surface area contributed by atoms with Gasteiger partial charge >= 0.3 is 0 Å². The molecule has 0 radical (unpaired) electrons. The molecule has 0 aromatic heterocycles. The van der Waals surface area contributed by atoms with Gasteiger partial charge in [0.1, 0.15) is 0 Å². The second kappa shape index (κ2) is 40.1. The molecule has 32 heavy (non-hydrogen) atoms. The van der Waals surface area contributed by atoms with Gasteiger partial charge in [-0.1, -0.05) is 26.7 Å². The molecule has 0 aromatic rings. The van der Waals surface area contributed by atoms with Crippen molar-refractivity contribution in [1.29, 1.82) is 0 Å². The highest BCUT2D eigenvalue weighted by atomic mass is 16.5. The molecule has 0 rings (SSSR count). The van der Waals surface area contributed by atoms with Gasteiger partial charge in [-0.15, -0.1) is 0 Å². The van der Waals surface area contributed by atoms with Gasteiger partial charge in [0.05, 0.1) is 52.6 Å². The lowest BCUT2D eigenvalue weighted by atomic mass is 10.3. The third kappa shape index (κ3) is 63.0. The molecule has 0 aliphatic carbocycles. The van der Waals surface area contributed by atoms with Gasteiger partial charge in [-0.25, -0.2) is 0 Å². The largest absolute Gasteiger partial charge is 0.550 e. The molecular formula is C22H50N2O8. The van der Waals surface area contributed by atoms with Crippen molar-refractivity contribution in [3.8, 4) is 0 Å². The van der Waals surface area contributed by atoms with E-state index in [1.165, 1.54) is 0 Å². The van der Waals surface area contributed by atoms with Gasteiger partial charge < -0.3 is 49.4 Å². The predicted molar refractivity (Wildman–Crippen MR) is 120 cm³/mol. The van der Waals surface area contributed by atoms with E-state index in [1.54, 1.807) is 28.4 Å². The molecule has 0 atom stereocenters. The number of ether oxygens (including phenoxy) is 4. The van der Waals surface area contributed by atoms with Crippen LogP contribution in [0.1, 0.15) is 52.4 Å². The van der Waals surface area contributed by atoms with Crippen molar-refractivity contribution in [2.45, 2.75) is 52.4 Å². The summed E-state index contributed by atoms with van der Waals surface area (Å²) in [7, 11) is 6.85. The molecule has 0 fully saturated rings. The van der Waals surface area contributed by atoms with Crippen molar-refractivity contribution in [1.82, 2.24) is 0 Å². The normalized spacial score (nSPS) is 9.44. The molecule has 0 unspecified atom stereocenters. The third-order valence-corrected chi connectivity index (χ3v) is 3.57. The van der Waals surface area contributed by atoms with E-state index in [-0.39, 0.29) is 12.8 Å². The number of nitrogens with two attached hydrogens (primary N) is 2. The molecule has 0 bridgehead atoms. The van der Waals surface area contributed by atoms with Crippen molar-refractivity contribution < 1.29 is 49.4 Å². The predicted octanol–water partition coefficient (Wildman–Crippen LogP) is -2.46. The zero-order valence-corrected chi connectivity index (χ0v) is 21.3. The number of hydrogen-bond acceptors (Lipinski definition) is 8. The quantitative estimate of drug-likeness (QED) is 0.209. The minimum Gasteiger partial charge on any atom is -0.550 e. The zero-order chi connectivity index (χ0) is 25.3.